The fourth-order valence-electron chi connectivity index (χ4n) is 2.54. The van der Waals surface area contributed by atoms with Crippen LogP contribution in [0.5, 0.6) is 0 Å². The molecular formula is C18H33NO. The Morgan fingerprint density at radius 1 is 0.700 bits per heavy atom. The van der Waals surface area contributed by atoms with E-state index < -0.39 is 0 Å². The molecule has 0 aliphatic rings. The smallest absolute Gasteiger partial charge is 0.231 e. The number of rotatable bonds is 15. The van der Waals surface area contributed by atoms with E-state index in [1.54, 1.807) is 6.07 Å². The SMILES string of the molecule is CCCCCCCCCCCCCCCCC(=O)C#N. The molecule has 0 spiro atoms. The molecule has 2 nitrogen and oxygen atoms in total. The first-order valence-electron chi connectivity index (χ1n) is 8.74. The molecule has 0 saturated carbocycles. The van der Waals surface area contributed by atoms with Crippen molar-refractivity contribution >= 4 is 5.78 Å². The van der Waals surface area contributed by atoms with Crippen molar-refractivity contribution in [2.24, 2.45) is 0 Å². The molecule has 0 unspecified atom stereocenters. The Kier molecular flexibility index (Phi) is 15.5. The average molecular weight is 279 g/mol. The second-order valence-electron chi connectivity index (χ2n) is 5.88. The molecule has 0 bridgehead atoms. The van der Waals surface area contributed by atoms with E-state index in [2.05, 4.69) is 6.92 Å². The van der Waals surface area contributed by atoms with Crippen LogP contribution >= 0.6 is 0 Å². The summed E-state index contributed by atoms with van der Waals surface area (Å²) in [5, 5.41) is 8.34. The molecule has 0 aliphatic heterocycles. The zero-order valence-corrected chi connectivity index (χ0v) is 13.5. The van der Waals surface area contributed by atoms with Crippen LogP contribution in [0.4, 0.5) is 0 Å². The predicted octanol–water partition coefficient (Wildman–Crippen LogP) is 5.95. The maximum atomic E-state index is 10.8. The molecule has 0 fully saturated rings. The third-order valence-corrected chi connectivity index (χ3v) is 3.88. The fraction of sp³-hybridized carbons (Fsp3) is 0.889. The van der Waals surface area contributed by atoms with Crippen LogP contribution in [-0.2, 0) is 4.79 Å². The number of unbranched alkanes of at least 4 members (excludes halogenated alkanes) is 13. The Morgan fingerprint density at radius 2 is 1.05 bits per heavy atom. The van der Waals surface area contributed by atoms with Crippen LogP contribution in [0.2, 0.25) is 0 Å². The van der Waals surface area contributed by atoms with E-state index >= 15 is 0 Å². The normalized spacial score (nSPS) is 10.4. The van der Waals surface area contributed by atoms with Crippen molar-refractivity contribution in [2.45, 2.75) is 103 Å². The second kappa shape index (κ2) is 16.2. The number of carbonyl (C=O) groups is 1. The molecule has 0 aromatic heterocycles. The van der Waals surface area contributed by atoms with Gasteiger partial charge >= 0.3 is 0 Å². The molecule has 20 heavy (non-hydrogen) atoms. The third kappa shape index (κ3) is 15.2. The van der Waals surface area contributed by atoms with Gasteiger partial charge in [-0.3, -0.25) is 4.79 Å². The number of Topliss-reactive ketones (excluding diaryl/α,β-unsaturated/α-hetero) is 1. The molecule has 0 aromatic carbocycles. The Morgan fingerprint density at radius 3 is 1.40 bits per heavy atom. The highest BCUT2D eigenvalue weighted by atomic mass is 16.1. The summed E-state index contributed by atoms with van der Waals surface area (Å²) in [6.45, 7) is 2.27. The summed E-state index contributed by atoms with van der Waals surface area (Å²) in [4.78, 5) is 10.8. The van der Waals surface area contributed by atoms with E-state index in [0.717, 1.165) is 12.8 Å². The van der Waals surface area contributed by atoms with Crippen molar-refractivity contribution < 1.29 is 4.79 Å². The number of ketones is 1. The second-order valence-corrected chi connectivity index (χ2v) is 5.88. The molecule has 2 heteroatoms. The lowest BCUT2D eigenvalue weighted by Crippen LogP contribution is -1.92. The molecular weight excluding hydrogens is 246 g/mol. The van der Waals surface area contributed by atoms with Crippen molar-refractivity contribution in [3.63, 3.8) is 0 Å². The van der Waals surface area contributed by atoms with E-state index in [1.165, 1.54) is 77.0 Å². The van der Waals surface area contributed by atoms with Gasteiger partial charge in [0.15, 0.2) is 0 Å². The van der Waals surface area contributed by atoms with E-state index in [-0.39, 0.29) is 5.78 Å². The number of nitriles is 1. The van der Waals surface area contributed by atoms with Gasteiger partial charge in [0.05, 0.1) is 0 Å². The number of hydrogen-bond acceptors (Lipinski definition) is 2. The first kappa shape index (κ1) is 19.2. The van der Waals surface area contributed by atoms with Gasteiger partial charge in [-0.05, 0) is 6.42 Å². The first-order valence-corrected chi connectivity index (χ1v) is 8.74. The average Bonchev–Trinajstić information content (AvgIpc) is 2.47. The monoisotopic (exact) mass is 279 g/mol. The van der Waals surface area contributed by atoms with Crippen LogP contribution in [0.25, 0.3) is 0 Å². The molecule has 0 heterocycles. The van der Waals surface area contributed by atoms with E-state index in [0.29, 0.717) is 6.42 Å². The summed E-state index contributed by atoms with van der Waals surface area (Å²) in [6.07, 6.45) is 18.9. The maximum absolute atomic E-state index is 10.8. The van der Waals surface area contributed by atoms with Crippen molar-refractivity contribution in [2.75, 3.05) is 0 Å². The highest BCUT2D eigenvalue weighted by Gasteiger charge is 1.98. The van der Waals surface area contributed by atoms with E-state index in [4.69, 9.17) is 5.26 Å². The van der Waals surface area contributed by atoms with Gasteiger partial charge < -0.3 is 0 Å². The minimum atomic E-state index is -0.260. The Labute approximate surface area is 125 Å². The minimum Gasteiger partial charge on any atom is -0.283 e. The minimum absolute atomic E-state index is 0.260. The number of nitrogens with zero attached hydrogens (tertiary/aromatic N) is 1. The fourth-order valence-corrected chi connectivity index (χ4v) is 2.54. The van der Waals surface area contributed by atoms with Crippen LogP contribution < -0.4 is 0 Å². The standard InChI is InChI=1S/C18H33NO/c1-2-3-4-5-6-7-8-9-10-11-12-13-14-15-16-18(20)17-19/h2-16H2,1H3. The topological polar surface area (TPSA) is 40.9 Å². The molecule has 0 atom stereocenters. The Balaban J connectivity index is 2.99. The van der Waals surface area contributed by atoms with Crippen molar-refractivity contribution in [3.05, 3.63) is 0 Å². The van der Waals surface area contributed by atoms with Gasteiger partial charge in [-0.15, -0.1) is 0 Å². The van der Waals surface area contributed by atoms with Gasteiger partial charge in [0.2, 0.25) is 5.78 Å². The highest BCUT2D eigenvalue weighted by Crippen LogP contribution is 2.13. The van der Waals surface area contributed by atoms with Gasteiger partial charge in [-0.1, -0.05) is 90.4 Å². The van der Waals surface area contributed by atoms with E-state index in [1.807, 2.05) is 0 Å². The van der Waals surface area contributed by atoms with Crippen LogP contribution in [0.3, 0.4) is 0 Å². The highest BCUT2D eigenvalue weighted by molar-refractivity contribution is 5.93. The summed E-state index contributed by atoms with van der Waals surface area (Å²) in [6, 6.07) is 1.67. The Hall–Kier alpha value is -0.840. The van der Waals surface area contributed by atoms with Crippen molar-refractivity contribution in [3.8, 4) is 6.07 Å². The molecule has 0 aromatic rings. The molecule has 0 N–H and O–H groups in total. The number of carbonyl (C=O) groups excluding carboxylic acids is 1. The van der Waals surface area contributed by atoms with Gasteiger partial charge in [0, 0.05) is 6.42 Å². The molecule has 0 rings (SSSR count). The number of hydrogen-bond donors (Lipinski definition) is 0. The van der Waals surface area contributed by atoms with Gasteiger partial charge in [-0.2, -0.15) is 5.26 Å². The molecule has 0 amide bonds. The molecule has 116 valence electrons. The molecule has 0 radical (unpaired) electrons. The zero-order chi connectivity index (χ0) is 14.9. The van der Waals surface area contributed by atoms with E-state index in [9.17, 15) is 4.79 Å². The quantitative estimate of drug-likeness (QED) is 0.274. The summed E-state index contributed by atoms with van der Waals surface area (Å²) < 4.78 is 0. The van der Waals surface area contributed by atoms with Crippen molar-refractivity contribution in [1.82, 2.24) is 0 Å². The molecule has 0 aliphatic carbocycles. The summed E-state index contributed by atoms with van der Waals surface area (Å²) in [7, 11) is 0. The molecule has 0 saturated heterocycles. The first-order chi connectivity index (χ1) is 9.81. The van der Waals surface area contributed by atoms with Gasteiger partial charge in [-0.25, -0.2) is 0 Å². The lowest BCUT2D eigenvalue weighted by molar-refractivity contribution is -0.114. The lowest BCUT2D eigenvalue weighted by Gasteiger charge is -2.02. The maximum Gasteiger partial charge on any atom is 0.231 e. The third-order valence-electron chi connectivity index (χ3n) is 3.88. The largest absolute Gasteiger partial charge is 0.283 e. The van der Waals surface area contributed by atoms with Crippen LogP contribution in [0, 0.1) is 11.3 Å². The van der Waals surface area contributed by atoms with Crippen LogP contribution in [-0.4, -0.2) is 5.78 Å². The zero-order valence-electron chi connectivity index (χ0n) is 13.5. The van der Waals surface area contributed by atoms with Gasteiger partial charge in [0.25, 0.3) is 0 Å². The summed E-state index contributed by atoms with van der Waals surface area (Å²) >= 11 is 0. The van der Waals surface area contributed by atoms with Crippen molar-refractivity contribution in [1.29, 1.82) is 5.26 Å². The lowest BCUT2D eigenvalue weighted by atomic mass is 10.0. The Bertz CT molecular complexity index is 255. The van der Waals surface area contributed by atoms with Gasteiger partial charge in [0.1, 0.15) is 6.07 Å². The van der Waals surface area contributed by atoms with Crippen LogP contribution in [0.1, 0.15) is 103 Å². The van der Waals surface area contributed by atoms with Crippen LogP contribution in [0.15, 0.2) is 0 Å². The summed E-state index contributed by atoms with van der Waals surface area (Å²) in [5.74, 6) is -0.260. The summed E-state index contributed by atoms with van der Waals surface area (Å²) in [5.41, 5.74) is 0. The predicted molar refractivity (Wildman–Crippen MR) is 85.5 cm³/mol.